The highest BCUT2D eigenvalue weighted by Gasteiger charge is 2.10. The standard InChI is InChI=1S/C28H38N4O2/c29-19-9-21-30-20-7-8-23-32(28(34)18-16-26-13-5-2-6-14-26)24-10-22-31-27(33)17-15-25-11-3-1-4-12-25/h1-6,11-18,30H,7-10,19-24,29H2,(H,31,33). The summed E-state index contributed by atoms with van der Waals surface area (Å²) in [5.74, 6) is -0.135. The number of benzene rings is 2. The van der Waals surface area contributed by atoms with E-state index < -0.39 is 0 Å². The number of carbonyl (C=O) groups is 2. The normalized spacial score (nSPS) is 11.2. The lowest BCUT2D eigenvalue weighted by Gasteiger charge is -2.21. The van der Waals surface area contributed by atoms with E-state index in [0.29, 0.717) is 32.6 Å². The van der Waals surface area contributed by atoms with Crippen molar-refractivity contribution in [2.24, 2.45) is 5.73 Å². The number of rotatable bonds is 16. The third-order valence-electron chi connectivity index (χ3n) is 5.25. The molecular formula is C28H38N4O2. The first-order valence-electron chi connectivity index (χ1n) is 12.1. The number of nitrogens with two attached hydrogens (primary N) is 1. The van der Waals surface area contributed by atoms with Gasteiger partial charge in [0.05, 0.1) is 0 Å². The lowest BCUT2D eigenvalue weighted by molar-refractivity contribution is -0.126. The van der Waals surface area contributed by atoms with Crippen LogP contribution >= 0.6 is 0 Å². The van der Waals surface area contributed by atoms with E-state index in [1.165, 1.54) is 0 Å². The minimum absolute atomic E-state index is 0.00440. The van der Waals surface area contributed by atoms with E-state index in [1.54, 1.807) is 18.2 Å². The molecule has 0 aliphatic carbocycles. The van der Waals surface area contributed by atoms with E-state index in [-0.39, 0.29) is 11.8 Å². The van der Waals surface area contributed by atoms with Crippen molar-refractivity contribution in [1.82, 2.24) is 15.5 Å². The van der Waals surface area contributed by atoms with Crippen molar-refractivity contribution in [3.05, 3.63) is 83.9 Å². The van der Waals surface area contributed by atoms with Crippen LogP contribution in [-0.2, 0) is 9.59 Å². The zero-order chi connectivity index (χ0) is 24.3. The van der Waals surface area contributed by atoms with E-state index in [2.05, 4.69) is 10.6 Å². The van der Waals surface area contributed by atoms with E-state index >= 15 is 0 Å². The highest BCUT2D eigenvalue weighted by atomic mass is 16.2. The number of unbranched alkanes of at least 4 members (excludes halogenated alkanes) is 1. The first-order chi connectivity index (χ1) is 16.7. The van der Waals surface area contributed by atoms with Gasteiger partial charge in [-0.1, -0.05) is 60.7 Å². The van der Waals surface area contributed by atoms with Gasteiger partial charge in [0.15, 0.2) is 0 Å². The molecule has 0 saturated carbocycles. The monoisotopic (exact) mass is 462 g/mol. The highest BCUT2D eigenvalue weighted by molar-refractivity contribution is 5.92. The molecule has 34 heavy (non-hydrogen) atoms. The Kier molecular flexibility index (Phi) is 13.7. The van der Waals surface area contributed by atoms with Crippen LogP contribution < -0.4 is 16.4 Å². The maximum atomic E-state index is 12.8. The van der Waals surface area contributed by atoms with Gasteiger partial charge in [0.1, 0.15) is 0 Å². The summed E-state index contributed by atoms with van der Waals surface area (Å²) in [5, 5.41) is 6.27. The van der Waals surface area contributed by atoms with Gasteiger partial charge >= 0.3 is 0 Å². The van der Waals surface area contributed by atoms with Crippen LogP contribution in [0, 0.1) is 0 Å². The molecule has 0 aliphatic heterocycles. The van der Waals surface area contributed by atoms with Gasteiger partial charge in [-0.15, -0.1) is 0 Å². The molecule has 6 heteroatoms. The predicted octanol–water partition coefficient (Wildman–Crippen LogP) is 3.47. The molecule has 182 valence electrons. The minimum Gasteiger partial charge on any atom is -0.352 e. The Labute approximate surface area is 203 Å². The van der Waals surface area contributed by atoms with Crippen molar-refractivity contribution in [3.63, 3.8) is 0 Å². The largest absolute Gasteiger partial charge is 0.352 e. The quantitative estimate of drug-likeness (QED) is 0.263. The van der Waals surface area contributed by atoms with Crippen LogP contribution in [0.4, 0.5) is 0 Å². The molecule has 0 aromatic heterocycles. The average molecular weight is 463 g/mol. The zero-order valence-electron chi connectivity index (χ0n) is 20.0. The summed E-state index contributed by atoms with van der Waals surface area (Å²) in [6.45, 7) is 4.36. The van der Waals surface area contributed by atoms with Gasteiger partial charge in [-0.05, 0) is 68.6 Å². The van der Waals surface area contributed by atoms with Gasteiger partial charge in [-0.3, -0.25) is 9.59 Å². The summed E-state index contributed by atoms with van der Waals surface area (Å²) < 4.78 is 0. The number of hydrogen-bond acceptors (Lipinski definition) is 4. The molecular weight excluding hydrogens is 424 g/mol. The summed E-state index contributed by atoms with van der Waals surface area (Å²) >= 11 is 0. The molecule has 0 bridgehead atoms. The Bertz CT molecular complexity index is 882. The molecule has 2 aromatic rings. The van der Waals surface area contributed by atoms with Crippen LogP contribution in [0.15, 0.2) is 72.8 Å². The molecule has 2 amide bonds. The number of hydrogen-bond donors (Lipinski definition) is 3. The summed E-state index contributed by atoms with van der Waals surface area (Å²) in [6.07, 6.45) is 10.4. The molecule has 4 N–H and O–H groups in total. The fourth-order valence-electron chi connectivity index (χ4n) is 3.35. The topological polar surface area (TPSA) is 87.5 Å². The number of carbonyl (C=O) groups excluding carboxylic acids is 2. The SMILES string of the molecule is NCCCNCCCCN(CCCNC(=O)C=Cc1ccccc1)C(=O)C=Cc1ccccc1. The molecule has 0 aliphatic rings. The van der Waals surface area contributed by atoms with Crippen molar-refractivity contribution >= 4 is 24.0 Å². The fraction of sp³-hybridized carbons (Fsp3) is 0.357. The molecule has 0 radical (unpaired) electrons. The second kappa shape index (κ2) is 17.3. The third-order valence-corrected chi connectivity index (χ3v) is 5.25. The molecule has 6 nitrogen and oxygen atoms in total. The zero-order valence-corrected chi connectivity index (χ0v) is 20.0. The molecule has 2 aromatic carbocycles. The molecule has 0 heterocycles. The van der Waals surface area contributed by atoms with Gasteiger partial charge < -0.3 is 21.3 Å². The summed E-state index contributed by atoms with van der Waals surface area (Å²) in [5.41, 5.74) is 7.49. The molecule has 0 saturated heterocycles. The predicted molar refractivity (Wildman–Crippen MR) is 141 cm³/mol. The smallest absolute Gasteiger partial charge is 0.246 e. The van der Waals surface area contributed by atoms with Crippen LogP contribution in [0.1, 0.15) is 36.8 Å². The van der Waals surface area contributed by atoms with Crippen LogP contribution in [0.3, 0.4) is 0 Å². The van der Waals surface area contributed by atoms with E-state index in [1.807, 2.05) is 71.6 Å². The molecule has 0 unspecified atom stereocenters. The Morgan fingerprint density at radius 2 is 1.32 bits per heavy atom. The second-order valence-electron chi connectivity index (χ2n) is 8.06. The molecule has 0 fully saturated rings. The lowest BCUT2D eigenvalue weighted by atomic mass is 10.2. The highest BCUT2D eigenvalue weighted by Crippen LogP contribution is 2.05. The Morgan fingerprint density at radius 1 is 0.735 bits per heavy atom. The van der Waals surface area contributed by atoms with Crippen molar-refractivity contribution < 1.29 is 9.59 Å². The average Bonchev–Trinajstić information content (AvgIpc) is 2.88. The van der Waals surface area contributed by atoms with Crippen molar-refractivity contribution in [2.45, 2.75) is 25.7 Å². The number of nitrogens with zero attached hydrogens (tertiary/aromatic N) is 1. The first-order valence-corrected chi connectivity index (χ1v) is 12.1. The molecule has 2 rings (SSSR count). The number of amides is 2. The summed E-state index contributed by atoms with van der Waals surface area (Å²) in [7, 11) is 0. The Hall–Kier alpha value is -3.22. The van der Waals surface area contributed by atoms with Gasteiger partial charge in [0, 0.05) is 31.8 Å². The van der Waals surface area contributed by atoms with Crippen molar-refractivity contribution in [3.8, 4) is 0 Å². The van der Waals surface area contributed by atoms with Gasteiger partial charge in [0.2, 0.25) is 11.8 Å². The Balaban J connectivity index is 1.78. The third kappa shape index (κ3) is 12.1. The lowest BCUT2D eigenvalue weighted by Crippen LogP contribution is -2.34. The maximum absolute atomic E-state index is 12.8. The van der Waals surface area contributed by atoms with E-state index in [0.717, 1.165) is 43.5 Å². The fourth-order valence-corrected chi connectivity index (χ4v) is 3.35. The summed E-state index contributed by atoms with van der Waals surface area (Å²) in [6, 6.07) is 19.5. The van der Waals surface area contributed by atoms with Crippen LogP contribution in [-0.4, -0.2) is 56.0 Å². The van der Waals surface area contributed by atoms with Crippen molar-refractivity contribution in [2.75, 3.05) is 39.3 Å². The molecule has 0 atom stereocenters. The summed E-state index contributed by atoms with van der Waals surface area (Å²) in [4.78, 5) is 26.8. The maximum Gasteiger partial charge on any atom is 0.246 e. The van der Waals surface area contributed by atoms with Gasteiger partial charge in [-0.25, -0.2) is 0 Å². The molecule has 0 spiro atoms. The second-order valence-corrected chi connectivity index (χ2v) is 8.06. The van der Waals surface area contributed by atoms with E-state index in [4.69, 9.17) is 5.73 Å². The van der Waals surface area contributed by atoms with Crippen molar-refractivity contribution in [1.29, 1.82) is 0 Å². The number of nitrogens with one attached hydrogen (secondary N) is 2. The Morgan fingerprint density at radius 3 is 1.97 bits per heavy atom. The van der Waals surface area contributed by atoms with Crippen LogP contribution in [0.2, 0.25) is 0 Å². The minimum atomic E-state index is -0.130. The van der Waals surface area contributed by atoms with Crippen LogP contribution in [0.5, 0.6) is 0 Å². The first kappa shape index (κ1) is 27.0. The van der Waals surface area contributed by atoms with Gasteiger partial charge in [0.25, 0.3) is 0 Å². The van der Waals surface area contributed by atoms with Gasteiger partial charge in [-0.2, -0.15) is 0 Å². The van der Waals surface area contributed by atoms with Crippen LogP contribution in [0.25, 0.3) is 12.2 Å². The van der Waals surface area contributed by atoms with E-state index in [9.17, 15) is 9.59 Å².